The van der Waals surface area contributed by atoms with E-state index in [0.717, 1.165) is 6.42 Å². The summed E-state index contributed by atoms with van der Waals surface area (Å²) in [4.78, 5) is 52.1. The molecule has 2 aromatic rings. The number of amides is 1. The van der Waals surface area contributed by atoms with E-state index >= 15 is 0 Å². The Labute approximate surface area is 185 Å². The third-order valence-corrected chi connectivity index (χ3v) is 4.95. The number of nitro benzene ring substituents is 1. The van der Waals surface area contributed by atoms with Gasteiger partial charge in [0.2, 0.25) is 0 Å². The summed E-state index contributed by atoms with van der Waals surface area (Å²) in [6, 6.07) is 6.02. The summed E-state index contributed by atoms with van der Waals surface area (Å²) in [5.41, 5.74) is 4.81. The molecule has 0 spiro atoms. The molecule has 172 valence electrons. The highest BCUT2D eigenvalue weighted by Crippen LogP contribution is 2.22. The summed E-state index contributed by atoms with van der Waals surface area (Å²) < 4.78 is 1.25. The van der Waals surface area contributed by atoms with Gasteiger partial charge in [-0.3, -0.25) is 29.3 Å². The van der Waals surface area contributed by atoms with Crippen molar-refractivity contribution in [3.8, 4) is 0 Å². The largest absolute Gasteiger partial charge is 0.383 e. The zero-order valence-corrected chi connectivity index (χ0v) is 18.5. The van der Waals surface area contributed by atoms with Crippen LogP contribution in [0.25, 0.3) is 6.08 Å². The second-order valence-corrected chi connectivity index (χ2v) is 7.82. The van der Waals surface area contributed by atoms with Gasteiger partial charge in [0, 0.05) is 25.2 Å². The van der Waals surface area contributed by atoms with Crippen LogP contribution in [0.4, 0.5) is 17.2 Å². The van der Waals surface area contributed by atoms with Crippen molar-refractivity contribution in [2.45, 2.75) is 46.6 Å². The smallest absolute Gasteiger partial charge is 0.330 e. The molecule has 10 heteroatoms. The van der Waals surface area contributed by atoms with Crippen molar-refractivity contribution in [1.29, 1.82) is 0 Å². The van der Waals surface area contributed by atoms with Crippen LogP contribution in [-0.4, -0.2) is 26.9 Å². The zero-order chi connectivity index (χ0) is 23.8. The maximum atomic E-state index is 13.1. The van der Waals surface area contributed by atoms with Crippen molar-refractivity contribution in [1.82, 2.24) is 9.55 Å². The molecule has 32 heavy (non-hydrogen) atoms. The molecule has 0 aliphatic carbocycles. The van der Waals surface area contributed by atoms with Crippen LogP contribution in [0.2, 0.25) is 0 Å². The minimum absolute atomic E-state index is 0.0802. The molecule has 0 saturated carbocycles. The number of hydrogen-bond donors (Lipinski definition) is 2. The van der Waals surface area contributed by atoms with Crippen LogP contribution in [0, 0.1) is 16.0 Å². The van der Waals surface area contributed by atoms with E-state index in [4.69, 9.17) is 5.73 Å². The molecule has 1 aromatic carbocycles. The summed E-state index contributed by atoms with van der Waals surface area (Å²) in [5, 5.41) is 11.2. The summed E-state index contributed by atoms with van der Waals surface area (Å²) >= 11 is 0. The van der Waals surface area contributed by atoms with Crippen molar-refractivity contribution >= 4 is 29.2 Å². The van der Waals surface area contributed by atoms with Crippen molar-refractivity contribution in [2.75, 3.05) is 17.2 Å². The number of hydrogen-bond acceptors (Lipinski definition) is 6. The number of carbonyl (C=O) groups excluding carboxylic acids is 1. The molecule has 10 nitrogen and oxygen atoms in total. The van der Waals surface area contributed by atoms with E-state index in [1.807, 2.05) is 20.8 Å². The topological polar surface area (TPSA) is 144 Å². The molecule has 1 amide bonds. The van der Waals surface area contributed by atoms with E-state index in [2.05, 4.69) is 4.98 Å². The lowest BCUT2D eigenvalue weighted by Gasteiger charge is -2.24. The maximum absolute atomic E-state index is 13.1. The number of nitrogens with zero attached hydrogens (tertiary/aromatic N) is 3. The zero-order valence-electron chi connectivity index (χ0n) is 18.5. The Morgan fingerprint density at radius 2 is 2.00 bits per heavy atom. The summed E-state index contributed by atoms with van der Waals surface area (Å²) in [6.45, 7) is 6.41. The highest BCUT2D eigenvalue weighted by Gasteiger charge is 2.23. The third kappa shape index (κ3) is 5.93. The number of aromatic amines is 1. The van der Waals surface area contributed by atoms with Crippen molar-refractivity contribution in [3.05, 3.63) is 66.9 Å². The Hall–Kier alpha value is -3.69. The first kappa shape index (κ1) is 24.6. The van der Waals surface area contributed by atoms with Crippen molar-refractivity contribution in [3.63, 3.8) is 0 Å². The number of anilines is 2. The Kier molecular flexibility index (Phi) is 8.51. The second-order valence-electron chi connectivity index (χ2n) is 7.82. The van der Waals surface area contributed by atoms with Gasteiger partial charge in [0.15, 0.2) is 5.69 Å². The first-order valence-electron chi connectivity index (χ1n) is 10.5. The van der Waals surface area contributed by atoms with Gasteiger partial charge in [-0.05, 0) is 30.9 Å². The number of nitrogens with two attached hydrogens (primary N) is 1. The lowest BCUT2D eigenvalue weighted by atomic mass is 10.1. The lowest BCUT2D eigenvalue weighted by molar-refractivity contribution is -0.385. The van der Waals surface area contributed by atoms with Crippen molar-refractivity contribution < 1.29 is 9.72 Å². The Morgan fingerprint density at radius 3 is 2.62 bits per heavy atom. The first-order valence-corrected chi connectivity index (χ1v) is 10.5. The standard InChI is InChI=1S/C22H29N5O5/c1-4-5-13-26-20(23)19(21(29)24-22(26)30)25(14-12-15(2)3)18(28)11-10-16-8-6-7-9-17(16)27(31)32/h6-11,15H,4-5,12-14,23H2,1-3H3,(H,24,29,30)/b11-10+. The first-order chi connectivity index (χ1) is 15.2. The number of benzene rings is 1. The van der Waals surface area contributed by atoms with Gasteiger partial charge in [0.05, 0.1) is 10.5 Å². The van der Waals surface area contributed by atoms with Gasteiger partial charge < -0.3 is 10.6 Å². The number of H-pyrrole nitrogens is 1. The SMILES string of the molecule is CCCCn1c(N)c(N(CCC(C)C)C(=O)/C=C/c2ccccc2[N+](=O)[O-])c(=O)[nH]c1=O. The van der Waals surface area contributed by atoms with Crippen LogP contribution in [0.3, 0.4) is 0 Å². The average Bonchev–Trinajstić information content (AvgIpc) is 2.73. The molecule has 3 N–H and O–H groups in total. The van der Waals surface area contributed by atoms with E-state index in [-0.39, 0.29) is 35.2 Å². The van der Waals surface area contributed by atoms with Gasteiger partial charge >= 0.3 is 5.69 Å². The summed E-state index contributed by atoms with van der Waals surface area (Å²) in [5.74, 6) is -0.416. The van der Waals surface area contributed by atoms with Crippen LogP contribution in [0.5, 0.6) is 0 Å². The normalized spacial score (nSPS) is 11.2. The molecular weight excluding hydrogens is 414 g/mol. The minimum Gasteiger partial charge on any atom is -0.383 e. The van der Waals surface area contributed by atoms with Crippen LogP contribution >= 0.6 is 0 Å². The number of rotatable bonds is 10. The quantitative estimate of drug-likeness (QED) is 0.328. The molecule has 2 rings (SSSR count). The highest BCUT2D eigenvalue weighted by molar-refractivity contribution is 6.05. The predicted molar refractivity (Wildman–Crippen MR) is 125 cm³/mol. The van der Waals surface area contributed by atoms with Gasteiger partial charge in [0.25, 0.3) is 17.2 Å². The Morgan fingerprint density at radius 1 is 1.31 bits per heavy atom. The summed E-state index contributed by atoms with van der Waals surface area (Å²) in [6.07, 6.45) is 4.57. The number of nitrogens with one attached hydrogen (secondary N) is 1. The molecule has 0 saturated heterocycles. The fraction of sp³-hybridized carbons (Fsp3) is 0.409. The number of aromatic nitrogens is 2. The maximum Gasteiger partial charge on any atom is 0.330 e. The van der Waals surface area contributed by atoms with Crippen LogP contribution in [0.15, 0.2) is 39.9 Å². The fourth-order valence-corrected chi connectivity index (χ4v) is 3.14. The van der Waals surface area contributed by atoms with Crippen LogP contribution in [0.1, 0.15) is 45.6 Å². The molecule has 1 heterocycles. The van der Waals surface area contributed by atoms with E-state index in [1.165, 1.54) is 39.8 Å². The number of carbonyl (C=O) groups is 1. The monoisotopic (exact) mass is 443 g/mol. The van der Waals surface area contributed by atoms with Crippen molar-refractivity contribution in [2.24, 2.45) is 5.92 Å². The number of para-hydroxylation sites is 1. The molecule has 0 atom stereocenters. The van der Waals surface area contributed by atoms with E-state index in [1.54, 1.807) is 6.07 Å². The predicted octanol–water partition coefficient (Wildman–Crippen LogP) is 2.92. The molecule has 0 aliphatic rings. The van der Waals surface area contributed by atoms with Gasteiger partial charge in [-0.15, -0.1) is 0 Å². The highest BCUT2D eigenvalue weighted by atomic mass is 16.6. The molecule has 0 unspecified atom stereocenters. The molecule has 0 radical (unpaired) electrons. The van der Waals surface area contributed by atoms with Gasteiger partial charge in [0.1, 0.15) is 5.82 Å². The Balaban J connectivity index is 2.51. The molecule has 0 aliphatic heterocycles. The number of nitro groups is 1. The molecule has 0 fully saturated rings. The molecule has 1 aromatic heterocycles. The third-order valence-electron chi connectivity index (χ3n) is 4.95. The fourth-order valence-electron chi connectivity index (χ4n) is 3.14. The summed E-state index contributed by atoms with van der Waals surface area (Å²) in [7, 11) is 0. The molecule has 0 bridgehead atoms. The van der Waals surface area contributed by atoms with Crippen LogP contribution < -0.4 is 21.9 Å². The van der Waals surface area contributed by atoms with Gasteiger partial charge in [-0.2, -0.15) is 0 Å². The number of unbranched alkanes of at least 4 members (excludes halogenated alkanes) is 1. The number of nitrogen functional groups attached to an aromatic ring is 1. The van der Waals surface area contributed by atoms with E-state index < -0.39 is 22.1 Å². The van der Waals surface area contributed by atoms with Gasteiger partial charge in [-0.25, -0.2) is 4.79 Å². The van der Waals surface area contributed by atoms with Gasteiger partial charge in [-0.1, -0.05) is 39.3 Å². The molecular formula is C22H29N5O5. The Bertz CT molecular complexity index is 1120. The van der Waals surface area contributed by atoms with E-state index in [9.17, 15) is 24.5 Å². The average molecular weight is 444 g/mol. The van der Waals surface area contributed by atoms with E-state index in [0.29, 0.717) is 19.4 Å². The van der Waals surface area contributed by atoms with Crippen LogP contribution in [-0.2, 0) is 11.3 Å². The lowest BCUT2D eigenvalue weighted by Crippen LogP contribution is -2.41. The minimum atomic E-state index is -0.753. The second kappa shape index (κ2) is 11.1.